The Bertz CT molecular complexity index is 686. The average Bonchev–Trinajstić information content (AvgIpc) is 2.55. The Hall–Kier alpha value is -2.16. The van der Waals surface area contributed by atoms with Gasteiger partial charge in [-0.2, -0.15) is 0 Å². The molecule has 0 unspecified atom stereocenters. The van der Waals surface area contributed by atoms with Crippen molar-refractivity contribution in [2.24, 2.45) is 0 Å². The summed E-state index contributed by atoms with van der Waals surface area (Å²) in [6, 6.07) is 13.6. The molecule has 1 aliphatic heterocycles. The molecule has 1 aliphatic rings. The lowest BCUT2D eigenvalue weighted by molar-refractivity contribution is -0.129. The Kier molecular flexibility index (Phi) is 4.00. The van der Waals surface area contributed by atoms with Gasteiger partial charge in [0.25, 0.3) is 5.91 Å². The smallest absolute Gasteiger partial charge is 0.282 e. The van der Waals surface area contributed by atoms with Gasteiger partial charge in [-0.05, 0) is 47.7 Å². The number of hydrogen-bond acceptors (Lipinski definition) is 1. The van der Waals surface area contributed by atoms with E-state index in [4.69, 9.17) is 0 Å². The molecule has 0 N–H and O–H groups in total. The lowest BCUT2D eigenvalue weighted by atomic mass is 10.1. The molecule has 1 heterocycles. The van der Waals surface area contributed by atoms with Crippen molar-refractivity contribution >= 4 is 22.8 Å². The molecule has 0 atom stereocenters. The molecule has 0 aliphatic carbocycles. The highest BCUT2D eigenvalue weighted by molar-refractivity contribution is 5.96. The van der Waals surface area contributed by atoms with Gasteiger partial charge in [0.2, 0.25) is 0 Å². The lowest BCUT2D eigenvalue weighted by Crippen LogP contribution is -2.35. The molecule has 1 saturated heterocycles. The van der Waals surface area contributed by atoms with E-state index in [1.54, 1.807) is 4.90 Å². The van der Waals surface area contributed by atoms with Gasteiger partial charge in [0, 0.05) is 13.1 Å². The summed E-state index contributed by atoms with van der Waals surface area (Å²) in [4.78, 5) is 13.7. The van der Waals surface area contributed by atoms with Crippen LogP contribution in [0.1, 0.15) is 24.8 Å². The summed E-state index contributed by atoms with van der Waals surface area (Å²) in [5.41, 5.74) is 0.719. The van der Waals surface area contributed by atoms with Crippen LogP contribution in [0.2, 0.25) is 0 Å². The van der Waals surface area contributed by atoms with Crippen LogP contribution in [0.4, 0.5) is 4.39 Å². The fourth-order valence-electron chi connectivity index (χ4n) is 2.75. The van der Waals surface area contributed by atoms with Gasteiger partial charge in [-0.1, -0.05) is 36.4 Å². The first-order chi connectivity index (χ1) is 10.2. The Labute approximate surface area is 123 Å². The molecule has 0 spiro atoms. The van der Waals surface area contributed by atoms with E-state index in [9.17, 15) is 9.18 Å². The molecule has 1 amide bonds. The summed E-state index contributed by atoms with van der Waals surface area (Å²) in [7, 11) is 0. The maximum Gasteiger partial charge on any atom is 0.282 e. The van der Waals surface area contributed by atoms with Gasteiger partial charge in [-0.25, -0.2) is 4.39 Å². The third kappa shape index (κ3) is 3.13. The standard InChI is InChI=1S/C18H18FNO/c19-17(18(21)20-10-4-1-5-11-20)13-14-8-9-15-6-2-3-7-16(15)12-14/h2-3,6-9,12-13H,1,4-5,10-11H2/b17-13-. The van der Waals surface area contributed by atoms with E-state index in [2.05, 4.69) is 0 Å². The molecule has 2 aromatic carbocycles. The molecular weight excluding hydrogens is 265 g/mol. The number of likely N-dealkylation sites (tertiary alicyclic amines) is 1. The number of nitrogens with zero attached hydrogens (tertiary/aromatic N) is 1. The largest absolute Gasteiger partial charge is 0.337 e. The zero-order valence-electron chi connectivity index (χ0n) is 11.9. The predicted octanol–water partition coefficient (Wildman–Crippen LogP) is 4.16. The minimum Gasteiger partial charge on any atom is -0.337 e. The van der Waals surface area contributed by atoms with Crippen molar-refractivity contribution in [1.82, 2.24) is 4.90 Å². The molecule has 2 aromatic rings. The maximum atomic E-state index is 14.1. The van der Waals surface area contributed by atoms with Crippen LogP contribution in [0.5, 0.6) is 0 Å². The van der Waals surface area contributed by atoms with E-state index in [-0.39, 0.29) is 0 Å². The van der Waals surface area contributed by atoms with Crippen molar-refractivity contribution in [1.29, 1.82) is 0 Å². The van der Waals surface area contributed by atoms with Gasteiger partial charge in [0.15, 0.2) is 5.83 Å². The maximum absolute atomic E-state index is 14.1. The molecule has 0 bridgehead atoms. The van der Waals surface area contributed by atoms with Crippen LogP contribution < -0.4 is 0 Å². The van der Waals surface area contributed by atoms with Crippen molar-refractivity contribution in [3.63, 3.8) is 0 Å². The number of carbonyl (C=O) groups is 1. The number of halogens is 1. The highest BCUT2D eigenvalue weighted by Crippen LogP contribution is 2.19. The summed E-state index contributed by atoms with van der Waals surface area (Å²) < 4.78 is 14.1. The first-order valence-corrected chi connectivity index (χ1v) is 7.39. The molecule has 0 saturated carbocycles. The lowest BCUT2D eigenvalue weighted by Gasteiger charge is -2.25. The normalized spacial score (nSPS) is 16.2. The zero-order chi connectivity index (χ0) is 14.7. The van der Waals surface area contributed by atoms with Crippen LogP contribution in [0.25, 0.3) is 16.8 Å². The topological polar surface area (TPSA) is 20.3 Å². The van der Waals surface area contributed by atoms with Crippen molar-refractivity contribution in [2.45, 2.75) is 19.3 Å². The SMILES string of the molecule is O=C(/C(F)=C/c1ccc2ccccc2c1)N1CCCCC1. The van der Waals surface area contributed by atoms with Crippen LogP contribution in [0, 0.1) is 0 Å². The van der Waals surface area contributed by atoms with Crippen molar-refractivity contribution < 1.29 is 9.18 Å². The predicted molar refractivity (Wildman–Crippen MR) is 83.5 cm³/mol. The molecule has 2 nitrogen and oxygen atoms in total. The minimum atomic E-state index is -0.674. The van der Waals surface area contributed by atoms with Gasteiger partial charge < -0.3 is 4.90 Å². The molecule has 21 heavy (non-hydrogen) atoms. The van der Waals surface area contributed by atoms with E-state index in [1.165, 1.54) is 6.08 Å². The van der Waals surface area contributed by atoms with Crippen molar-refractivity contribution in [3.8, 4) is 0 Å². The molecule has 1 fully saturated rings. The van der Waals surface area contributed by atoms with Crippen molar-refractivity contribution in [3.05, 3.63) is 53.9 Å². The third-order valence-electron chi connectivity index (χ3n) is 3.91. The third-order valence-corrected chi connectivity index (χ3v) is 3.91. The molecule has 108 valence electrons. The van der Waals surface area contributed by atoms with E-state index in [0.717, 1.165) is 35.6 Å². The first kappa shape index (κ1) is 13.8. The quantitative estimate of drug-likeness (QED) is 0.758. The molecule has 0 radical (unpaired) electrons. The van der Waals surface area contributed by atoms with Gasteiger partial charge in [0.05, 0.1) is 0 Å². The van der Waals surface area contributed by atoms with Crippen LogP contribution in [-0.4, -0.2) is 23.9 Å². The molecular formula is C18H18FNO. The fraction of sp³-hybridized carbons (Fsp3) is 0.278. The van der Waals surface area contributed by atoms with E-state index >= 15 is 0 Å². The number of hydrogen-bond donors (Lipinski definition) is 0. The molecule has 3 rings (SSSR count). The van der Waals surface area contributed by atoms with Gasteiger partial charge in [-0.3, -0.25) is 4.79 Å². The Morgan fingerprint density at radius 1 is 1.00 bits per heavy atom. The average molecular weight is 283 g/mol. The van der Waals surface area contributed by atoms with Crippen LogP contribution in [-0.2, 0) is 4.79 Å². The van der Waals surface area contributed by atoms with E-state index in [1.807, 2.05) is 42.5 Å². The molecule has 0 aromatic heterocycles. The Morgan fingerprint density at radius 3 is 2.48 bits per heavy atom. The van der Waals surface area contributed by atoms with Gasteiger partial charge in [0.1, 0.15) is 0 Å². The van der Waals surface area contributed by atoms with Gasteiger partial charge >= 0.3 is 0 Å². The Morgan fingerprint density at radius 2 is 1.71 bits per heavy atom. The zero-order valence-corrected chi connectivity index (χ0v) is 11.9. The summed E-state index contributed by atoms with van der Waals surface area (Å²) in [5, 5.41) is 2.15. The molecule has 3 heteroatoms. The second-order valence-corrected chi connectivity index (χ2v) is 5.45. The minimum absolute atomic E-state index is 0.483. The first-order valence-electron chi connectivity index (χ1n) is 7.39. The van der Waals surface area contributed by atoms with E-state index in [0.29, 0.717) is 13.1 Å². The summed E-state index contributed by atoms with van der Waals surface area (Å²) in [6.07, 6.45) is 4.40. The number of carbonyl (C=O) groups excluding carboxylic acids is 1. The summed E-state index contributed by atoms with van der Waals surface area (Å²) in [5.74, 6) is -1.16. The highest BCUT2D eigenvalue weighted by Gasteiger charge is 2.20. The fourth-order valence-corrected chi connectivity index (χ4v) is 2.75. The summed E-state index contributed by atoms with van der Waals surface area (Å²) >= 11 is 0. The number of amides is 1. The van der Waals surface area contributed by atoms with Crippen LogP contribution in [0.15, 0.2) is 48.3 Å². The van der Waals surface area contributed by atoms with Crippen molar-refractivity contribution in [2.75, 3.05) is 13.1 Å². The monoisotopic (exact) mass is 283 g/mol. The Balaban J connectivity index is 1.82. The number of rotatable bonds is 2. The number of fused-ring (bicyclic) bond motifs is 1. The summed E-state index contributed by atoms with van der Waals surface area (Å²) in [6.45, 7) is 1.33. The van der Waals surface area contributed by atoms with Crippen LogP contribution in [0.3, 0.4) is 0 Å². The van der Waals surface area contributed by atoms with Crippen LogP contribution >= 0.6 is 0 Å². The second kappa shape index (κ2) is 6.08. The number of benzene rings is 2. The highest BCUT2D eigenvalue weighted by atomic mass is 19.1. The van der Waals surface area contributed by atoms with Gasteiger partial charge in [-0.15, -0.1) is 0 Å². The van der Waals surface area contributed by atoms with E-state index < -0.39 is 11.7 Å². The second-order valence-electron chi connectivity index (χ2n) is 5.45. The number of piperidine rings is 1.